The van der Waals surface area contributed by atoms with Crippen LogP contribution < -0.4 is 9.47 Å². The van der Waals surface area contributed by atoms with Crippen molar-refractivity contribution in [1.82, 2.24) is 9.47 Å². The van der Waals surface area contributed by atoms with Crippen LogP contribution in [0, 0.1) is 6.92 Å². The number of ether oxygens (including phenoxy) is 2. The molecule has 4 aromatic rings. The number of aromatic nitrogens is 1. The molecule has 0 N–H and O–H groups in total. The van der Waals surface area contributed by atoms with Crippen molar-refractivity contribution in [2.45, 2.75) is 19.9 Å². The van der Waals surface area contributed by atoms with Gasteiger partial charge in [0.2, 0.25) is 0 Å². The normalized spacial score (nSPS) is 14.6. The van der Waals surface area contributed by atoms with Crippen LogP contribution in [0.15, 0.2) is 90.0 Å². The molecule has 1 aliphatic rings. The molecule has 3 aromatic carbocycles. The number of aryl methyl sites for hydroxylation is 2. The van der Waals surface area contributed by atoms with Crippen LogP contribution >= 0.6 is 11.8 Å². The number of hydrogen-bond acceptors (Lipinski definition) is 5. The third-order valence-corrected chi connectivity index (χ3v) is 7.05. The van der Waals surface area contributed by atoms with Gasteiger partial charge in [0.05, 0.1) is 18.1 Å². The molecule has 0 atom stereocenters. The molecule has 188 valence electrons. The van der Waals surface area contributed by atoms with Crippen molar-refractivity contribution in [2.24, 2.45) is 0 Å². The number of imide groups is 1. The molecular formula is C30H28N2O4S. The molecule has 5 rings (SSSR count). The summed E-state index contributed by atoms with van der Waals surface area (Å²) in [4.78, 5) is 27.2. The minimum absolute atomic E-state index is 0.208. The van der Waals surface area contributed by atoms with Gasteiger partial charge in [-0.3, -0.25) is 14.5 Å². The number of carbonyl (C=O) groups excluding carboxylic acids is 2. The summed E-state index contributed by atoms with van der Waals surface area (Å²) in [6.07, 6.45) is 4.71. The molecule has 0 unspecified atom stereocenters. The highest BCUT2D eigenvalue weighted by Gasteiger charge is 2.35. The fraction of sp³-hybridized carbons (Fsp3) is 0.200. The van der Waals surface area contributed by atoms with Gasteiger partial charge < -0.3 is 14.0 Å². The maximum absolute atomic E-state index is 13.0. The summed E-state index contributed by atoms with van der Waals surface area (Å²) in [5.41, 5.74) is 3.21. The molecular weight excluding hydrogens is 484 g/mol. The fourth-order valence-corrected chi connectivity index (χ4v) is 5.10. The summed E-state index contributed by atoms with van der Waals surface area (Å²) in [6, 6.07) is 25.5. The van der Waals surface area contributed by atoms with Crippen molar-refractivity contribution in [2.75, 3.05) is 19.8 Å². The monoisotopic (exact) mass is 512 g/mol. The van der Waals surface area contributed by atoms with Crippen molar-refractivity contribution < 1.29 is 19.1 Å². The van der Waals surface area contributed by atoms with Gasteiger partial charge in [-0.25, -0.2) is 0 Å². The zero-order valence-corrected chi connectivity index (χ0v) is 21.4. The molecule has 0 bridgehead atoms. The van der Waals surface area contributed by atoms with E-state index in [1.165, 1.54) is 10.5 Å². The van der Waals surface area contributed by atoms with E-state index in [9.17, 15) is 9.59 Å². The highest BCUT2D eigenvalue weighted by Crippen LogP contribution is 2.34. The molecule has 7 heteroatoms. The van der Waals surface area contributed by atoms with E-state index >= 15 is 0 Å². The van der Waals surface area contributed by atoms with Gasteiger partial charge in [-0.05, 0) is 61.5 Å². The van der Waals surface area contributed by atoms with Crippen molar-refractivity contribution in [3.63, 3.8) is 0 Å². The molecule has 2 amide bonds. The first kappa shape index (κ1) is 24.7. The van der Waals surface area contributed by atoms with Gasteiger partial charge in [-0.1, -0.05) is 54.1 Å². The molecule has 1 saturated heterocycles. The molecule has 0 aliphatic carbocycles. The summed E-state index contributed by atoms with van der Waals surface area (Å²) in [5.74, 6) is 1.30. The third-order valence-electron chi connectivity index (χ3n) is 6.14. The molecule has 0 saturated carbocycles. The Balaban J connectivity index is 1.24. The highest BCUT2D eigenvalue weighted by atomic mass is 32.2. The molecule has 37 heavy (non-hydrogen) atoms. The summed E-state index contributed by atoms with van der Waals surface area (Å²) < 4.78 is 13.7. The van der Waals surface area contributed by atoms with E-state index in [1.54, 1.807) is 0 Å². The van der Waals surface area contributed by atoms with Gasteiger partial charge in [-0.2, -0.15) is 0 Å². The van der Waals surface area contributed by atoms with E-state index < -0.39 is 0 Å². The first-order valence-corrected chi connectivity index (χ1v) is 13.1. The standard InChI is InChI=1S/C30H28N2O4S/c1-22-12-14-25(15-13-22)35-18-7-16-31-21-23(26-10-5-6-11-27(26)31)20-28-29(33)32(30(34)37-28)17-19-36-24-8-3-2-4-9-24/h2-6,8-15,20-21H,7,16-19H2,1H3/b28-20-. The maximum atomic E-state index is 13.0. The number of thioether (sulfide) groups is 1. The smallest absolute Gasteiger partial charge is 0.293 e. The van der Waals surface area contributed by atoms with Gasteiger partial charge in [-0.15, -0.1) is 0 Å². The second kappa shape index (κ2) is 11.4. The second-order valence-electron chi connectivity index (χ2n) is 8.80. The molecule has 2 heterocycles. The number of para-hydroxylation sites is 2. The number of benzene rings is 3. The Morgan fingerprint density at radius 2 is 1.51 bits per heavy atom. The van der Waals surface area contributed by atoms with Gasteiger partial charge in [0.1, 0.15) is 18.1 Å². The van der Waals surface area contributed by atoms with E-state index in [1.807, 2.05) is 85.1 Å². The second-order valence-corrected chi connectivity index (χ2v) is 9.80. The summed E-state index contributed by atoms with van der Waals surface area (Å²) in [7, 11) is 0. The Morgan fingerprint density at radius 3 is 2.32 bits per heavy atom. The van der Waals surface area contributed by atoms with Gasteiger partial charge >= 0.3 is 0 Å². The summed E-state index contributed by atoms with van der Waals surface area (Å²) >= 11 is 0.974. The van der Waals surface area contributed by atoms with Crippen molar-refractivity contribution in [3.8, 4) is 11.5 Å². The van der Waals surface area contributed by atoms with Crippen molar-refractivity contribution in [1.29, 1.82) is 0 Å². The summed E-state index contributed by atoms with van der Waals surface area (Å²) in [5, 5.41) is 0.770. The Labute approximate surface area is 220 Å². The zero-order valence-electron chi connectivity index (χ0n) is 20.6. The Morgan fingerprint density at radius 1 is 0.811 bits per heavy atom. The van der Waals surface area contributed by atoms with E-state index in [4.69, 9.17) is 9.47 Å². The lowest BCUT2D eigenvalue weighted by Gasteiger charge is -2.13. The average molecular weight is 513 g/mol. The average Bonchev–Trinajstić information content (AvgIpc) is 3.40. The van der Waals surface area contributed by atoms with Crippen LogP contribution in [0.1, 0.15) is 17.5 Å². The minimum Gasteiger partial charge on any atom is -0.494 e. The molecule has 1 fully saturated rings. The van der Waals surface area contributed by atoms with Crippen LogP contribution in [0.3, 0.4) is 0 Å². The van der Waals surface area contributed by atoms with E-state index in [-0.39, 0.29) is 24.3 Å². The van der Waals surface area contributed by atoms with E-state index in [0.717, 1.165) is 46.9 Å². The lowest BCUT2D eigenvalue weighted by atomic mass is 10.1. The highest BCUT2D eigenvalue weighted by molar-refractivity contribution is 8.18. The molecule has 6 nitrogen and oxygen atoms in total. The van der Waals surface area contributed by atoms with Gasteiger partial charge in [0, 0.05) is 29.2 Å². The third kappa shape index (κ3) is 5.89. The molecule has 1 aliphatic heterocycles. The number of nitrogens with zero attached hydrogens (tertiary/aromatic N) is 2. The fourth-order valence-electron chi connectivity index (χ4n) is 4.24. The number of rotatable bonds is 10. The van der Waals surface area contributed by atoms with Crippen molar-refractivity contribution in [3.05, 3.63) is 101 Å². The number of fused-ring (bicyclic) bond motifs is 1. The quantitative estimate of drug-likeness (QED) is 0.178. The van der Waals surface area contributed by atoms with Crippen LogP contribution in [0.25, 0.3) is 17.0 Å². The topological polar surface area (TPSA) is 60.8 Å². The van der Waals surface area contributed by atoms with E-state index in [0.29, 0.717) is 17.3 Å². The van der Waals surface area contributed by atoms with Crippen LogP contribution in [0.4, 0.5) is 4.79 Å². The largest absolute Gasteiger partial charge is 0.494 e. The first-order chi connectivity index (χ1) is 18.1. The van der Waals surface area contributed by atoms with Crippen LogP contribution in [0.2, 0.25) is 0 Å². The van der Waals surface area contributed by atoms with Gasteiger partial charge in [0.15, 0.2) is 0 Å². The summed E-state index contributed by atoms with van der Waals surface area (Å²) in [6.45, 7) is 3.89. The maximum Gasteiger partial charge on any atom is 0.293 e. The Hall–Kier alpha value is -3.97. The SMILES string of the molecule is Cc1ccc(OCCCn2cc(/C=C3\SC(=O)N(CCOc4ccccc4)C3=O)c3ccccc32)cc1. The lowest BCUT2D eigenvalue weighted by Crippen LogP contribution is -2.32. The number of amides is 2. The molecule has 0 radical (unpaired) electrons. The van der Waals surface area contributed by atoms with Crippen LogP contribution in [0.5, 0.6) is 11.5 Å². The number of carbonyl (C=O) groups is 2. The molecule has 0 spiro atoms. The Kier molecular flexibility index (Phi) is 7.61. The predicted octanol–water partition coefficient (Wildman–Crippen LogP) is 6.53. The zero-order chi connectivity index (χ0) is 25.6. The predicted molar refractivity (Wildman–Crippen MR) is 148 cm³/mol. The lowest BCUT2D eigenvalue weighted by molar-refractivity contribution is -0.123. The van der Waals surface area contributed by atoms with Crippen LogP contribution in [-0.2, 0) is 11.3 Å². The van der Waals surface area contributed by atoms with Crippen molar-refractivity contribution >= 4 is 39.9 Å². The van der Waals surface area contributed by atoms with E-state index in [2.05, 4.69) is 17.6 Å². The first-order valence-electron chi connectivity index (χ1n) is 12.3. The number of hydrogen-bond donors (Lipinski definition) is 0. The van der Waals surface area contributed by atoms with Crippen LogP contribution in [-0.4, -0.2) is 40.4 Å². The Bertz CT molecular complexity index is 1430. The molecule has 1 aromatic heterocycles. The van der Waals surface area contributed by atoms with Gasteiger partial charge in [0.25, 0.3) is 11.1 Å². The minimum atomic E-state index is -0.282.